The number of nitrogens with two attached hydrogens (primary N) is 1. The average Bonchev–Trinajstić information content (AvgIpc) is 2.57. The van der Waals surface area contributed by atoms with E-state index in [1.807, 2.05) is 0 Å². The molecule has 2 aromatic carbocycles. The van der Waals surface area contributed by atoms with E-state index in [1.54, 1.807) is 6.07 Å². The maximum absolute atomic E-state index is 13.4. The number of nitrogens with zero attached hydrogens (tertiary/aromatic N) is 2. The number of nitriles is 1. The van der Waals surface area contributed by atoms with Crippen molar-refractivity contribution in [2.45, 2.75) is 6.92 Å². The van der Waals surface area contributed by atoms with Crippen LogP contribution in [0.4, 0.5) is 15.8 Å². The zero-order chi connectivity index (χ0) is 18.6. The van der Waals surface area contributed by atoms with E-state index in [9.17, 15) is 19.2 Å². The molecule has 0 atom stereocenters. The minimum Gasteiger partial charge on any atom is -0.444 e. The lowest BCUT2D eigenvalue weighted by Gasteiger charge is -2.23. The molecule has 8 heteroatoms. The van der Waals surface area contributed by atoms with Gasteiger partial charge in [0.25, 0.3) is 5.91 Å². The molecule has 2 aromatic rings. The van der Waals surface area contributed by atoms with Crippen LogP contribution in [0, 0.1) is 17.1 Å². The highest BCUT2D eigenvalue weighted by Gasteiger charge is 2.24. The van der Waals surface area contributed by atoms with Gasteiger partial charge in [0.1, 0.15) is 11.9 Å². The van der Waals surface area contributed by atoms with Crippen LogP contribution in [0.3, 0.4) is 0 Å². The SMILES string of the molecule is CC(=O)OCN(C(=O)c1cc(N)ccc1Cl)c1ccc(F)cc1C#N. The molecule has 0 spiro atoms. The number of amides is 1. The molecule has 25 heavy (non-hydrogen) atoms. The molecule has 0 fully saturated rings. The van der Waals surface area contributed by atoms with Crippen LogP contribution in [0.15, 0.2) is 36.4 Å². The summed E-state index contributed by atoms with van der Waals surface area (Å²) >= 11 is 6.05. The molecular formula is C17H13ClFN3O3. The van der Waals surface area contributed by atoms with E-state index in [0.29, 0.717) is 5.69 Å². The Morgan fingerprint density at radius 1 is 1.32 bits per heavy atom. The number of rotatable bonds is 4. The van der Waals surface area contributed by atoms with Crippen molar-refractivity contribution in [1.29, 1.82) is 5.26 Å². The number of benzene rings is 2. The van der Waals surface area contributed by atoms with E-state index < -0.39 is 24.4 Å². The number of hydrogen-bond acceptors (Lipinski definition) is 5. The molecule has 0 saturated heterocycles. The van der Waals surface area contributed by atoms with Gasteiger partial charge in [0, 0.05) is 12.6 Å². The van der Waals surface area contributed by atoms with Crippen LogP contribution >= 0.6 is 11.6 Å². The first kappa shape index (κ1) is 18.2. The number of nitrogen functional groups attached to an aromatic ring is 1. The highest BCUT2D eigenvalue weighted by atomic mass is 35.5. The third kappa shape index (κ3) is 4.25. The predicted molar refractivity (Wildman–Crippen MR) is 90.4 cm³/mol. The molecule has 2 rings (SSSR count). The molecule has 128 valence electrons. The van der Waals surface area contributed by atoms with E-state index in [2.05, 4.69) is 0 Å². The first-order valence-corrected chi connectivity index (χ1v) is 7.41. The Morgan fingerprint density at radius 2 is 2.04 bits per heavy atom. The summed E-state index contributed by atoms with van der Waals surface area (Å²) in [6, 6.07) is 9.45. The molecule has 0 bridgehead atoms. The van der Waals surface area contributed by atoms with Crippen LogP contribution in [-0.2, 0) is 9.53 Å². The van der Waals surface area contributed by atoms with Gasteiger partial charge < -0.3 is 10.5 Å². The third-order valence-corrected chi connectivity index (χ3v) is 3.56. The fraction of sp³-hybridized carbons (Fsp3) is 0.118. The van der Waals surface area contributed by atoms with Gasteiger partial charge >= 0.3 is 5.97 Å². The molecule has 2 N–H and O–H groups in total. The first-order chi connectivity index (χ1) is 11.8. The first-order valence-electron chi connectivity index (χ1n) is 7.03. The van der Waals surface area contributed by atoms with Gasteiger partial charge in [-0.25, -0.2) is 4.39 Å². The Hall–Kier alpha value is -3.11. The van der Waals surface area contributed by atoms with Crippen LogP contribution in [0.1, 0.15) is 22.8 Å². The molecule has 0 aliphatic heterocycles. The highest BCUT2D eigenvalue weighted by molar-refractivity contribution is 6.34. The maximum atomic E-state index is 13.4. The summed E-state index contributed by atoms with van der Waals surface area (Å²) in [7, 11) is 0. The minimum atomic E-state index is -0.651. The molecule has 0 aliphatic carbocycles. The average molecular weight is 362 g/mol. The van der Waals surface area contributed by atoms with Crippen LogP contribution in [0.2, 0.25) is 5.02 Å². The largest absolute Gasteiger partial charge is 0.444 e. The van der Waals surface area contributed by atoms with Crippen molar-refractivity contribution in [2.75, 3.05) is 17.4 Å². The lowest BCUT2D eigenvalue weighted by atomic mass is 10.1. The highest BCUT2D eigenvalue weighted by Crippen LogP contribution is 2.26. The fourth-order valence-corrected chi connectivity index (χ4v) is 2.28. The summed E-state index contributed by atoms with van der Waals surface area (Å²) in [6.45, 7) is 0.700. The third-order valence-electron chi connectivity index (χ3n) is 3.23. The van der Waals surface area contributed by atoms with Crippen LogP contribution in [0.5, 0.6) is 0 Å². The van der Waals surface area contributed by atoms with Gasteiger partial charge in [0.05, 0.1) is 21.8 Å². The maximum Gasteiger partial charge on any atom is 0.304 e. The lowest BCUT2D eigenvalue weighted by Crippen LogP contribution is -2.34. The normalized spacial score (nSPS) is 10.0. The van der Waals surface area contributed by atoms with Gasteiger partial charge in [-0.15, -0.1) is 0 Å². The monoisotopic (exact) mass is 361 g/mol. The lowest BCUT2D eigenvalue weighted by molar-refractivity contribution is -0.140. The number of carbonyl (C=O) groups excluding carboxylic acids is 2. The quantitative estimate of drug-likeness (QED) is 0.512. The van der Waals surface area contributed by atoms with Gasteiger partial charge in [-0.05, 0) is 36.4 Å². The fourth-order valence-electron chi connectivity index (χ4n) is 2.08. The minimum absolute atomic E-state index is 0.0574. The molecular weight excluding hydrogens is 349 g/mol. The molecule has 1 amide bonds. The van der Waals surface area contributed by atoms with Gasteiger partial charge in [0.2, 0.25) is 0 Å². The van der Waals surface area contributed by atoms with Crippen LogP contribution in [0.25, 0.3) is 0 Å². The molecule has 0 heterocycles. The smallest absolute Gasteiger partial charge is 0.304 e. The number of anilines is 2. The Bertz CT molecular complexity index is 880. The van der Waals surface area contributed by atoms with E-state index in [0.717, 1.165) is 17.0 Å². The second-order valence-corrected chi connectivity index (χ2v) is 5.42. The number of esters is 1. The van der Waals surface area contributed by atoms with E-state index in [-0.39, 0.29) is 21.8 Å². The Kier molecular flexibility index (Phi) is 5.57. The Balaban J connectivity index is 2.53. The topological polar surface area (TPSA) is 96.4 Å². The molecule has 0 unspecified atom stereocenters. The number of hydrogen-bond donors (Lipinski definition) is 1. The second kappa shape index (κ2) is 7.64. The summed E-state index contributed by atoms with van der Waals surface area (Å²) in [4.78, 5) is 25.0. The zero-order valence-electron chi connectivity index (χ0n) is 13.1. The zero-order valence-corrected chi connectivity index (χ0v) is 13.9. The van der Waals surface area contributed by atoms with Gasteiger partial charge in [-0.2, -0.15) is 5.26 Å². The molecule has 0 saturated carbocycles. The van der Waals surface area contributed by atoms with Crippen LogP contribution < -0.4 is 10.6 Å². The van der Waals surface area contributed by atoms with E-state index in [4.69, 9.17) is 22.1 Å². The molecule has 0 aliphatic rings. The van der Waals surface area contributed by atoms with Gasteiger partial charge in [-0.3, -0.25) is 14.5 Å². The molecule has 0 radical (unpaired) electrons. The van der Waals surface area contributed by atoms with Crippen molar-refractivity contribution < 1.29 is 18.7 Å². The Labute approximate surface area is 148 Å². The van der Waals surface area contributed by atoms with Crippen molar-refractivity contribution >= 4 is 34.9 Å². The Morgan fingerprint density at radius 3 is 2.68 bits per heavy atom. The van der Waals surface area contributed by atoms with Gasteiger partial charge in [-0.1, -0.05) is 11.6 Å². The van der Waals surface area contributed by atoms with E-state index in [1.165, 1.54) is 31.2 Å². The van der Waals surface area contributed by atoms with Crippen molar-refractivity contribution in [3.8, 4) is 6.07 Å². The van der Waals surface area contributed by atoms with Crippen molar-refractivity contribution in [2.24, 2.45) is 0 Å². The summed E-state index contributed by atoms with van der Waals surface area (Å²) < 4.78 is 18.3. The van der Waals surface area contributed by atoms with Crippen molar-refractivity contribution in [3.05, 3.63) is 58.4 Å². The standard InChI is InChI=1S/C17H13ClFN3O3/c1-10(23)25-9-22(16-5-2-12(19)6-11(16)8-20)17(24)14-7-13(21)3-4-15(14)18/h2-7H,9,21H2,1H3. The van der Waals surface area contributed by atoms with Crippen molar-refractivity contribution in [1.82, 2.24) is 0 Å². The molecule has 0 aromatic heterocycles. The summed E-state index contributed by atoms with van der Waals surface area (Å²) in [6.07, 6.45) is 0. The predicted octanol–water partition coefficient (Wildman–Crippen LogP) is 3.10. The summed E-state index contributed by atoms with van der Waals surface area (Å²) in [5, 5.41) is 9.34. The van der Waals surface area contributed by atoms with Gasteiger partial charge in [0.15, 0.2) is 6.73 Å². The second-order valence-electron chi connectivity index (χ2n) is 5.01. The van der Waals surface area contributed by atoms with Crippen molar-refractivity contribution in [3.63, 3.8) is 0 Å². The number of carbonyl (C=O) groups is 2. The van der Waals surface area contributed by atoms with E-state index >= 15 is 0 Å². The summed E-state index contributed by atoms with van der Waals surface area (Å²) in [5.41, 5.74) is 6.03. The van der Waals surface area contributed by atoms with Crippen LogP contribution in [-0.4, -0.2) is 18.6 Å². The summed E-state index contributed by atoms with van der Waals surface area (Å²) in [5.74, 6) is -1.92. The molecule has 6 nitrogen and oxygen atoms in total. The number of halogens is 2. The number of ether oxygens (including phenoxy) is 1.